The van der Waals surface area contributed by atoms with Crippen molar-refractivity contribution >= 4 is 20.0 Å². The van der Waals surface area contributed by atoms with Gasteiger partial charge < -0.3 is 4.52 Å². The minimum absolute atomic E-state index is 0.294. The maximum absolute atomic E-state index is 5.57. The topological polar surface area (TPSA) is 54.0 Å². The van der Waals surface area contributed by atoms with Crippen LogP contribution in [0.3, 0.4) is 0 Å². The number of benzene rings is 1. The first-order chi connectivity index (χ1) is 6.77. The number of aromatic nitrogens is 3. The third kappa shape index (κ3) is 1.84. The second-order valence-electron chi connectivity index (χ2n) is 3.04. The third-order valence-electron chi connectivity index (χ3n) is 1.65. The molecule has 1 heterocycles. The second kappa shape index (κ2) is 3.90. The molecule has 6 heteroatoms. The molecule has 0 fully saturated rings. The van der Waals surface area contributed by atoms with Crippen molar-refractivity contribution in [3.63, 3.8) is 0 Å². The van der Waals surface area contributed by atoms with Gasteiger partial charge in [0.25, 0.3) is 0 Å². The van der Waals surface area contributed by atoms with E-state index in [1.807, 2.05) is 37.0 Å². The Labute approximate surface area is 83.4 Å². The summed E-state index contributed by atoms with van der Waals surface area (Å²) >= 11 is 0. The Kier molecular flexibility index (Phi) is 2.61. The summed E-state index contributed by atoms with van der Waals surface area (Å²) < 4.78 is 7.54. The Balaban J connectivity index is 2.27. The molecule has 0 saturated heterocycles. The van der Waals surface area contributed by atoms with Gasteiger partial charge in [0, 0.05) is 0 Å². The van der Waals surface area contributed by atoms with E-state index in [-0.39, 0.29) is 0 Å². The highest BCUT2D eigenvalue weighted by molar-refractivity contribution is 7.29. The van der Waals surface area contributed by atoms with Crippen LogP contribution < -0.4 is 4.52 Å². The zero-order chi connectivity index (χ0) is 9.97. The summed E-state index contributed by atoms with van der Waals surface area (Å²) in [6, 6.07) is 5.69. The number of nitrogens with one attached hydrogen (secondary N) is 1. The summed E-state index contributed by atoms with van der Waals surface area (Å²) in [4.78, 5) is 0. The van der Waals surface area contributed by atoms with Crippen LogP contribution in [-0.4, -0.2) is 34.2 Å². The van der Waals surface area contributed by atoms with Crippen molar-refractivity contribution in [2.24, 2.45) is 0 Å². The van der Waals surface area contributed by atoms with Crippen LogP contribution in [0.1, 0.15) is 0 Å². The first-order valence-electron chi connectivity index (χ1n) is 4.16. The average Bonchev–Trinajstić information content (AvgIpc) is 2.62. The summed E-state index contributed by atoms with van der Waals surface area (Å²) in [6.45, 7) is 0. The lowest BCUT2D eigenvalue weighted by molar-refractivity contribution is 0.556. The van der Waals surface area contributed by atoms with E-state index in [1.54, 1.807) is 0 Å². The number of rotatable bonds is 3. The summed E-state index contributed by atoms with van der Waals surface area (Å²) in [7, 11) is 4.21. The van der Waals surface area contributed by atoms with Gasteiger partial charge in [0.15, 0.2) is 11.3 Å². The minimum atomic E-state index is 0.294. The predicted octanol–water partition coefficient (Wildman–Crippen LogP) is 1.41. The Bertz CT molecular complexity index is 428. The first-order valence-corrected chi connectivity index (χ1v) is 5.02. The Hall–Kier alpha value is -1.19. The second-order valence-corrected chi connectivity index (χ2v) is 4.32. The van der Waals surface area contributed by atoms with E-state index in [0.29, 0.717) is 8.96 Å². The van der Waals surface area contributed by atoms with E-state index < -0.39 is 0 Å². The zero-order valence-corrected chi connectivity index (χ0v) is 8.98. The zero-order valence-electron chi connectivity index (χ0n) is 7.98. The molecule has 5 nitrogen and oxygen atoms in total. The fraction of sp³-hybridized carbons (Fsp3) is 0.250. The average molecular weight is 210 g/mol. The summed E-state index contributed by atoms with van der Waals surface area (Å²) in [5, 5.41) is 10.6. The predicted molar refractivity (Wildman–Crippen MR) is 56.5 cm³/mol. The number of nitrogens with zero attached hydrogens (tertiary/aromatic N) is 3. The van der Waals surface area contributed by atoms with Crippen molar-refractivity contribution in [1.82, 2.24) is 20.1 Å². The molecule has 0 aliphatic carbocycles. The molecule has 0 spiro atoms. The van der Waals surface area contributed by atoms with Crippen LogP contribution in [0, 0.1) is 0 Å². The van der Waals surface area contributed by atoms with Gasteiger partial charge in [-0.2, -0.15) is 15.4 Å². The smallest absolute Gasteiger partial charge is 0.155 e. The summed E-state index contributed by atoms with van der Waals surface area (Å²) in [5.41, 5.74) is 1.60. The molecule has 1 aromatic heterocycles. The maximum Gasteiger partial charge on any atom is 0.155 e. The van der Waals surface area contributed by atoms with Crippen LogP contribution in [0.4, 0.5) is 0 Å². The van der Waals surface area contributed by atoms with Crippen LogP contribution in [0.25, 0.3) is 11.0 Å². The number of para-hydroxylation sites is 1. The summed E-state index contributed by atoms with van der Waals surface area (Å²) in [6.07, 6.45) is 0. The molecule has 74 valence electrons. The first kappa shape index (κ1) is 9.37. The molecule has 1 atom stereocenters. The lowest BCUT2D eigenvalue weighted by Gasteiger charge is -2.10. The van der Waals surface area contributed by atoms with Crippen LogP contribution in [0.2, 0.25) is 0 Å². The van der Waals surface area contributed by atoms with Gasteiger partial charge in [-0.25, -0.2) is 0 Å². The molecule has 1 aromatic carbocycles. The van der Waals surface area contributed by atoms with E-state index in [0.717, 1.165) is 16.8 Å². The van der Waals surface area contributed by atoms with Crippen molar-refractivity contribution in [3.8, 4) is 5.75 Å². The highest BCUT2D eigenvalue weighted by Gasteiger charge is 2.05. The maximum atomic E-state index is 5.57. The van der Waals surface area contributed by atoms with Crippen molar-refractivity contribution in [2.75, 3.05) is 14.1 Å². The highest BCUT2D eigenvalue weighted by Crippen LogP contribution is 2.27. The molecule has 0 aliphatic rings. The Morgan fingerprint density at radius 3 is 3.00 bits per heavy atom. The minimum Gasteiger partial charge on any atom is -0.458 e. The van der Waals surface area contributed by atoms with Crippen LogP contribution in [0.15, 0.2) is 18.2 Å². The van der Waals surface area contributed by atoms with Crippen molar-refractivity contribution in [2.45, 2.75) is 0 Å². The molecule has 14 heavy (non-hydrogen) atoms. The van der Waals surface area contributed by atoms with Crippen molar-refractivity contribution in [3.05, 3.63) is 18.2 Å². The fourth-order valence-corrected chi connectivity index (χ4v) is 1.51. The SMILES string of the molecule is CN(C)POc1cccc2n[nH]nc12. The molecule has 2 aromatic rings. The molecule has 1 N–H and O–H groups in total. The Morgan fingerprint density at radius 1 is 1.36 bits per heavy atom. The molecule has 0 aliphatic heterocycles. The van der Waals surface area contributed by atoms with Crippen LogP contribution in [-0.2, 0) is 0 Å². The fourth-order valence-electron chi connectivity index (χ4n) is 1.07. The highest BCUT2D eigenvalue weighted by atomic mass is 31.1. The lowest BCUT2D eigenvalue weighted by Crippen LogP contribution is -1.99. The summed E-state index contributed by atoms with van der Waals surface area (Å²) in [5.74, 6) is 0.767. The number of hydrogen-bond acceptors (Lipinski definition) is 4. The molecule has 2 rings (SSSR count). The number of hydrogen-bond donors (Lipinski definition) is 1. The molecule has 0 saturated carbocycles. The number of H-pyrrole nitrogens is 1. The van der Waals surface area contributed by atoms with E-state index in [9.17, 15) is 0 Å². The normalized spacial score (nSPS) is 11.9. The van der Waals surface area contributed by atoms with Gasteiger partial charge in [0.2, 0.25) is 0 Å². The molecule has 0 amide bonds. The molecule has 0 radical (unpaired) electrons. The van der Waals surface area contributed by atoms with Crippen LogP contribution >= 0.6 is 8.96 Å². The van der Waals surface area contributed by atoms with E-state index in [2.05, 4.69) is 15.4 Å². The molecular formula is C8H11N4OP. The van der Waals surface area contributed by atoms with Gasteiger partial charge in [-0.15, -0.1) is 0 Å². The quantitative estimate of drug-likeness (QED) is 0.778. The molecule has 1 unspecified atom stereocenters. The van der Waals surface area contributed by atoms with Gasteiger partial charge >= 0.3 is 0 Å². The lowest BCUT2D eigenvalue weighted by atomic mass is 10.3. The van der Waals surface area contributed by atoms with Gasteiger partial charge in [0.1, 0.15) is 14.5 Å². The van der Waals surface area contributed by atoms with Crippen molar-refractivity contribution in [1.29, 1.82) is 0 Å². The van der Waals surface area contributed by atoms with E-state index in [4.69, 9.17) is 4.52 Å². The van der Waals surface area contributed by atoms with Gasteiger partial charge in [0.05, 0.1) is 0 Å². The standard InChI is InChI=1S/C8H11N4OP/c1-12(2)14-13-7-5-3-4-6-8(7)10-11-9-6/h3-5,14H,1-2H3,(H,9,10,11). The van der Waals surface area contributed by atoms with Crippen molar-refractivity contribution < 1.29 is 4.52 Å². The number of aromatic amines is 1. The van der Waals surface area contributed by atoms with Crippen LogP contribution in [0.5, 0.6) is 5.75 Å². The monoisotopic (exact) mass is 210 g/mol. The van der Waals surface area contributed by atoms with Gasteiger partial charge in [-0.05, 0) is 26.2 Å². The number of fused-ring (bicyclic) bond motifs is 1. The van der Waals surface area contributed by atoms with E-state index >= 15 is 0 Å². The van der Waals surface area contributed by atoms with Gasteiger partial charge in [-0.1, -0.05) is 6.07 Å². The largest absolute Gasteiger partial charge is 0.458 e. The molecular weight excluding hydrogens is 199 g/mol. The van der Waals surface area contributed by atoms with E-state index in [1.165, 1.54) is 0 Å². The van der Waals surface area contributed by atoms with Gasteiger partial charge in [-0.3, -0.25) is 4.67 Å². The third-order valence-corrected chi connectivity index (χ3v) is 2.32. The Morgan fingerprint density at radius 2 is 2.21 bits per heavy atom. The molecule has 0 bridgehead atoms.